The van der Waals surface area contributed by atoms with Gasteiger partial charge in [-0.1, -0.05) is 6.07 Å². The maximum absolute atomic E-state index is 13.4. The predicted octanol–water partition coefficient (Wildman–Crippen LogP) is 1.52. The highest BCUT2D eigenvalue weighted by atomic mass is 16.5. The Morgan fingerprint density at radius 2 is 2.03 bits per heavy atom. The minimum Gasteiger partial charge on any atom is -0.422 e. The van der Waals surface area contributed by atoms with Crippen LogP contribution < -0.4 is 15.1 Å². The molecule has 0 spiro atoms. The molecular formula is C26H30N8O5. The number of nitrogens with zero attached hydrogens (tertiary/aromatic N) is 7. The Morgan fingerprint density at radius 1 is 1.18 bits per heavy atom. The number of carbonyl (C=O) groups excluding carboxylic acids is 1. The van der Waals surface area contributed by atoms with Gasteiger partial charge in [0.1, 0.15) is 5.69 Å². The van der Waals surface area contributed by atoms with Gasteiger partial charge >= 0.3 is 0 Å². The average Bonchev–Trinajstić information content (AvgIpc) is 3.68. The van der Waals surface area contributed by atoms with Crippen molar-refractivity contribution < 1.29 is 24.2 Å². The number of pyridine rings is 2. The number of β-amino-alcohol motifs (C(OH)–C–C–N with tert-alkyl or cyclic N) is 1. The predicted molar refractivity (Wildman–Crippen MR) is 143 cm³/mol. The van der Waals surface area contributed by atoms with Gasteiger partial charge in [-0.2, -0.15) is 10.1 Å². The fourth-order valence-corrected chi connectivity index (χ4v) is 4.77. The normalized spacial score (nSPS) is 18.6. The monoisotopic (exact) mass is 534 g/mol. The van der Waals surface area contributed by atoms with Crippen LogP contribution in [0.4, 0.5) is 17.5 Å². The first-order valence-corrected chi connectivity index (χ1v) is 13.0. The summed E-state index contributed by atoms with van der Waals surface area (Å²) in [6, 6.07) is 7.37. The van der Waals surface area contributed by atoms with Crippen LogP contribution in [0.1, 0.15) is 23.8 Å². The van der Waals surface area contributed by atoms with Crippen molar-refractivity contribution in [2.75, 3.05) is 54.5 Å². The molecule has 4 aromatic heterocycles. The van der Waals surface area contributed by atoms with E-state index in [1.807, 2.05) is 9.80 Å². The van der Waals surface area contributed by atoms with E-state index in [1.165, 1.54) is 0 Å². The van der Waals surface area contributed by atoms with Crippen molar-refractivity contribution in [1.29, 1.82) is 0 Å². The first-order chi connectivity index (χ1) is 18.9. The lowest BCUT2D eigenvalue weighted by Gasteiger charge is -2.24. The molecule has 13 nitrogen and oxygen atoms in total. The minimum absolute atomic E-state index is 0.217. The van der Waals surface area contributed by atoms with Gasteiger partial charge < -0.3 is 34.5 Å². The Balaban J connectivity index is 1.29. The van der Waals surface area contributed by atoms with E-state index in [2.05, 4.69) is 20.4 Å². The highest BCUT2D eigenvalue weighted by Gasteiger charge is 2.27. The van der Waals surface area contributed by atoms with E-state index >= 15 is 0 Å². The van der Waals surface area contributed by atoms with Gasteiger partial charge in [-0.15, -0.1) is 0 Å². The lowest BCUT2D eigenvalue weighted by molar-refractivity contribution is 0.102. The molecule has 0 bridgehead atoms. The molecule has 0 saturated carbocycles. The first kappa shape index (κ1) is 25.2. The number of fused-ring (bicyclic) bond motifs is 1. The molecule has 1 amide bonds. The largest absolute Gasteiger partial charge is 0.422 e. The summed E-state index contributed by atoms with van der Waals surface area (Å²) in [7, 11) is 0. The summed E-state index contributed by atoms with van der Waals surface area (Å²) in [6.07, 6.45) is 3.03. The highest BCUT2D eigenvalue weighted by Crippen LogP contribution is 2.33. The second-order valence-electron chi connectivity index (χ2n) is 9.83. The maximum atomic E-state index is 13.4. The zero-order valence-corrected chi connectivity index (χ0v) is 21.5. The number of morpholine rings is 1. The molecule has 2 saturated heterocycles. The molecule has 13 heteroatoms. The number of oxazole rings is 1. The molecule has 0 radical (unpaired) electrons. The smallest absolute Gasteiger partial charge is 0.300 e. The summed E-state index contributed by atoms with van der Waals surface area (Å²) in [5, 5.41) is 27.0. The van der Waals surface area contributed by atoms with Gasteiger partial charge in [-0.25, -0.2) is 9.97 Å². The number of rotatable bonds is 7. The molecule has 3 N–H and O–H groups in total. The number of carbonyl (C=O) groups is 1. The first-order valence-electron chi connectivity index (χ1n) is 13.0. The average molecular weight is 535 g/mol. The Morgan fingerprint density at radius 3 is 2.79 bits per heavy atom. The molecule has 39 heavy (non-hydrogen) atoms. The number of aromatic nitrogens is 5. The molecule has 2 aliphatic rings. The number of anilines is 3. The topological polar surface area (TPSA) is 155 Å². The molecule has 4 aromatic rings. The van der Waals surface area contributed by atoms with E-state index in [-0.39, 0.29) is 5.69 Å². The Kier molecular flexibility index (Phi) is 6.85. The lowest BCUT2D eigenvalue weighted by atomic mass is 10.2. The Labute approximate surface area is 224 Å². The molecule has 2 aliphatic heterocycles. The maximum Gasteiger partial charge on any atom is 0.300 e. The molecule has 204 valence electrons. The number of amides is 1. The zero-order valence-electron chi connectivity index (χ0n) is 21.5. The third-order valence-corrected chi connectivity index (χ3v) is 6.71. The SMILES string of the molecule is CC(O)Cn1cc(-c2cccc(C(=O)Nc3cc4oc(N5CCOCC5)nc4nc3N3CC[C@@H](O)C3)n2)cn1. The zero-order chi connectivity index (χ0) is 26.9. The molecule has 0 aliphatic carbocycles. The van der Waals surface area contributed by atoms with Gasteiger partial charge in [0.05, 0.1) is 49.5 Å². The van der Waals surface area contributed by atoms with E-state index in [4.69, 9.17) is 14.1 Å². The second kappa shape index (κ2) is 10.6. The third-order valence-electron chi connectivity index (χ3n) is 6.71. The number of nitrogens with one attached hydrogen (secondary N) is 1. The van der Waals surface area contributed by atoms with Crippen molar-refractivity contribution in [3.8, 4) is 11.3 Å². The summed E-state index contributed by atoms with van der Waals surface area (Å²) in [5.41, 5.74) is 2.86. The molecule has 6 rings (SSSR count). The van der Waals surface area contributed by atoms with Gasteiger partial charge in [0, 0.05) is 44.0 Å². The molecule has 2 fully saturated rings. The van der Waals surface area contributed by atoms with Crippen LogP contribution in [-0.4, -0.2) is 92.5 Å². The molecule has 1 unspecified atom stereocenters. The Hall–Kier alpha value is -4.07. The van der Waals surface area contributed by atoms with Crippen molar-refractivity contribution >= 4 is 34.7 Å². The van der Waals surface area contributed by atoms with Crippen molar-refractivity contribution in [1.82, 2.24) is 24.7 Å². The quantitative estimate of drug-likeness (QED) is 0.316. The van der Waals surface area contributed by atoms with Crippen LogP contribution in [0.5, 0.6) is 0 Å². The molecule has 0 aromatic carbocycles. The van der Waals surface area contributed by atoms with E-state index in [9.17, 15) is 15.0 Å². The van der Waals surface area contributed by atoms with Crippen LogP contribution in [0.25, 0.3) is 22.5 Å². The van der Waals surface area contributed by atoms with Gasteiger partial charge in [-0.3, -0.25) is 9.48 Å². The van der Waals surface area contributed by atoms with Crippen molar-refractivity contribution in [3.05, 3.63) is 42.4 Å². The van der Waals surface area contributed by atoms with E-state index in [1.54, 1.807) is 48.3 Å². The van der Waals surface area contributed by atoms with Crippen molar-refractivity contribution in [3.63, 3.8) is 0 Å². The van der Waals surface area contributed by atoms with Crippen LogP contribution in [0.3, 0.4) is 0 Å². The fraction of sp³-hybridized carbons (Fsp3) is 0.423. The van der Waals surface area contributed by atoms with Crippen LogP contribution in [0, 0.1) is 0 Å². The Bertz CT molecular complexity index is 1480. The van der Waals surface area contributed by atoms with Crippen LogP contribution in [-0.2, 0) is 11.3 Å². The minimum atomic E-state index is -0.533. The summed E-state index contributed by atoms with van der Waals surface area (Å²) in [6.45, 7) is 5.58. The molecule has 2 atom stereocenters. The van der Waals surface area contributed by atoms with Crippen LogP contribution >= 0.6 is 0 Å². The van der Waals surface area contributed by atoms with Gasteiger partial charge in [0.15, 0.2) is 11.4 Å². The van der Waals surface area contributed by atoms with E-state index in [0.29, 0.717) is 86.8 Å². The van der Waals surface area contributed by atoms with Gasteiger partial charge in [-0.05, 0) is 25.5 Å². The van der Waals surface area contributed by atoms with Crippen LogP contribution in [0.15, 0.2) is 41.1 Å². The molecule has 6 heterocycles. The summed E-state index contributed by atoms with van der Waals surface area (Å²) >= 11 is 0. The standard InChI is InChI=1S/C26H30N8O5/c1-16(35)13-34-14-17(12-27-34)19-3-2-4-20(28-19)25(37)29-21-11-22-23(30-24(21)33-6-5-18(36)15-33)31-26(39-22)32-7-9-38-10-8-32/h2-4,11-12,14,16,18,35-36H,5-10,13,15H2,1H3,(H,29,37)/t16?,18-/m1/s1. The second-order valence-corrected chi connectivity index (χ2v) is 9.83. The van der Waals surface area contributed by atoms with Crippen molar-refractivity contribution in [2.24, 2.45) is 0 Å². The van der Waals surface area contributed by atoms with Gasteiger partial charge in [0.25, 0.3) is 11.9 Å². The summed E-state index contributed by atoms with van der Waals surface area (Å²) < 4.78 is 13.1. The summed E-state index contributed by atoms with van der Waals surface area (Å²) in [4.78, 5) is 31.2. The number of hydrogen-bond donors (Lipinski definition) is 3. The van der Waals surface area contributed by atoms with Gasteiger partial charge in [0.2, 0.25) is 5.65 Å². The lowest BCUT2D eigenvalue weighted by Crippen LogP contribution is -2.36. The highest BCUT2D eigenvalue weighted by molar-refractivity contribution is 6.05. The number of hydrogen-bond acceptors (Lipinski definition) is 11. The fourth-order valence-electron chi connectivity index (χ4n) is 4.77. The summed E-state index contributed by atoms with van der Waals surface area (Å²) in [5.74, 6) is 0.105. The van der Waals surface area contributed by atoms with E-state index in [0.717, 1.165) is 5.56 Å². The number of ether oxygens (including phenoxy) is 1. The number of aliphatic hydroxyl groups is 2. The number of aliphatic hydroxyl groups excluding tert-OH is 2. The third kappa shape index (κ3) is 5.41. The van der Waals surface area contributed by atoms with E-state index < -0.39 is 18.1 Å². The molecular weight excluding hydrogens is 504 g/mol. The van der Waals surface area contributed by atoms with Crippen molar-refractivity contribution in [2.45, 2.75) is 32.1 Å². The van der Waals surface area contributed by atoms with Crippen LogP contribution in [0.2, 0.25) is 0 Å².